The summed E-state index contributed by atoms with van der Waals surface area (Å²) in [4.78, 5) is 0. The minimum absolute atomic E-state index is 0.137. The van der Waals surface area contributed by atoms with Gasteiger partial charge in [-0.2, -0.15) is 5.10 Å². The minimum Gasteiger partial charge on any atom is -0.377 e. The maximum absolute atomic E-state index is 5.86. The van der Waals surface area contributed by atoms with E-state index in [-0.39, 0.29) is 12.1 Å². The van der Waals surface area contributed by atoms with E-state index in [9.17, 15) is 0 Å². The third kappa shape index (κ3) is 3.42. The number of hydrogen-bond acceptors (Lipinski definition) is 4. The van der Waals surface area contributed by atoms with Gasteiger partial charge in [0.05, 0.1) is 28.0 Å². The van der Waals surface area contributed by atoms with Crippen molar-refractivity contribution in [2.45, 2.75) is 64.6 Å². The molecule has 0 bridgehead atoms. The van der Waals surface area contributed by atoms with Crippen molar-refractivity contribution >= 4 is 15.9 Å². The van der Waals surface area contributed by atoms with E-state index in [1.807, 2.05) is 0 Å². The predicted molar refractivity (Wildman–Crippen MR) is 83.4 cm³/mol. The molecule has 0 aromatic carbocycles. The van der Waals surface area contributed by atoms with Crippen LogP contribution in [-0.2, 0) is 24.1 Å². The van der Waals surface area contributed by atoms with Crippen molar-refractivity contribution in [1.82, 2.24) is 15.2 Å². The zero-order chi connectivity index (χ0) is 14.5. The predicted octanol–water partition coefficient (Wildman–Crippen LogP) is 2.17. The van der Waals surface area contributed by atoms with Gasteiger partial charge in [-0.05, 0) is 48.5 Å². The molecule has 0 amide bonds. The second kappa shape index (κ2) is 7.54. The second-order valence-corrected chi connectivity index (χ2v) is 6.05. The Balaban J connectivity index is 2.15. The number of aromatic nitrogens is 2. The molecular formula is C14H25BrN4O. The molecule has 1 aliphatic heterocycles. The number of nitrogens with zero attached hydrogens (tertiary/aromatic N) is 2. The van der Waals surface area contributed by atoms with E-state index < -0.39 is 0 Å². The van der Waals surface area contributed by atoms with E-state index in [1.165, 1.54) is 12.1 Å². The van der Waals surface area contributed by atoms with Gasteiger partial charge in [0.2, 0.25) is 0 Å². The van der Waals surface area contributed by atoms with E-state index in [0.29, 0.717) is 0 Å². The normalized spacial score (nSPS) is 21.1. The number of nitrogens with one attached hydrogen (secondary N) is 1. The number of ether oxygens (including phenoxy) is 1. The average molecular weight is 345 g/mol. The first-order valence-corrected chi connectivity index (χ1v) is 8.32. The highest BCUT2D eigenvalue weighted by molar-refractivity contribution is 9.10. The SMILES string of the molecule is CCc1nn(CC)c(CC(NN)C2CCCCO2)c1Br. The van der Waals surface area contributed by atoms with E-state index in [2.05, 4.69) is 45.0 Å². The Morgan fingerprint density at radius 1 is 1.50 bits per heavy atom. The van der Waals surface area contributed by atoms with Crippen LogP contribution >= 0.6 is 15.9 Å². The van der Waals surface area contributed by atoms with Crippen LogP contribution in [0.5, 0.6) is 0 Å². The lowest BCUT2D eigenvalue weighted by Crippen LogP contribution is -2.48. The van der Waals surface area contributed by atoms with Crippen molar-refractivity contribution in [3.8, 4) is 0 Å². The molecule has 2 heterocycles. The van der Waals surface area contributed by atoms with Crippen LogP contribution in [0.15, 0.2) is 4.47 Å². The summed E-state index contributed by atoms with van der Waals surface area (Å²) in [6, 6.07) is 0.137. The maximum atomic E-state index is 5.86. The van der Waals surface area contributed by atoms with E-state index in [4.69, 9.17) is 10.6 Å². The quantitative estimate of drug-likeness (QED) is 0.613. The summed E-state index contributed by atoms with van der Waals surface area (Å²) in [6.45, 7) is 5.96. The van der Waals surface area contributed by atoms with Gasteiger partial charge in [-0.1, -0.05) is 6.92 Å². The average Bonchev–Trinajstić information content (AvgIpc) is 2.81. The van der Waals surface area contributed by atoms with Gasteiger partial charge < -0.3 is 4.74 Å². The van der Waals surface area contributed by atoms with Crippen LogP contribution < -0.4 is 11.3 Å². The van der Waals surface area contributed by atoms with Gasteiger partial charge in [-0.15, -0.1) is 0 Å². The van der Waals surface area contributed by atoms with Crippen molar-refractivity contribution in [1.29, 1.82) is 0 Å². The molecule has 0 radical (unpaired) electrons. The molecule has 1 aromatic heterocycles. The fourth-order valence-electron chi connectivity index (χ4n) is 2.80. The first-order chi connectivity index (χ1) is 9.71. The smallest absolute Gasteiger partial charge is 0.0766 e. The van der Waals surface area contributed by atoms with Gasteiger partial charge in [0.25, 0.3) is 0 Å². The number of rotatable bonds is 6. The molecule has 0 saturated carbocycles. The fourth-order valence-corrected chi connectivity index (χ4v) is 3.53. The first-order valence-electron chi connectivity index (χ1n) is 7.53. The van der Waals surface area contributed by atoms with Crippen molar-refractivity contribution < 1.29 is 4.74 Å². The Morgan fingerprint density at radius 3 is 2.85 bits per heavy atom. The molecule has 3 N–H and O–H groups in total. The lowest BCUT2D eigenvalue weighted by atomic mass is 9.98. The molecule has 1 aromatic rings. The molecule has 1 saturated heterocycles. The van der Waals surface area contributed by atoms with Crippen molar-refractivity contribution in [3.63, 3.8) is 0 Å². The molecule has 0 spiro atoms. The summed E-state index contributed by atoms with van der Waals surface area (Å²) >= 11 is 3.69. The Kier molecular flexibility index (Phi) is 6.01. The van der Waals surface area contributed by atoms with Crippen molar-refractivity contribution in [3.05, 3.63) is 15.9 Å². The molecule has 2 rings (SSSR count). The molecular weight excluding hydrogens is 320 g/mol. The summed E-state index contributed by atoms with van der Waals surface area (Å²) in [5.41, 5.74) is 5.26. The van der Waals surface area contributed by atoms with Gasteiger partial charge in [-0.3, -0.25) is 16.0 Å². The van der Waals surface area contributed by atoms with Gasteiger partial charge in [0.1, 0.15) is 0 Å². The number of hydrazine groups is 1. The van der Waals surface area contributed by atoms with Crippen molar-refractivity contribution in [2.75, 3.05) is 6.61 Å². The lowest BCUT2D eigenvalue weighted by molar-refractivity contribution is -0.00784. The Labute approximate surface area is 129 Å². The zero-order valence-electron chi connectivity index (χ0n) is 12.4. The molecule has 114 valence electrons. The Hall–Kier alpha value is -0.430. The van der Waals surface area contributed by atoms with Gasteiger partial charge in [0, 0.05) is 19.6 Å². The highest BCUT2D eigenvalue weighted by Gasteiger charge is 2.26. The van der Waals surface area contributed by atoms with Crippen LogP contribution in [0.4, 0.5) is 0 Å². The van der Waals surface area contributed by atoms with E-state index in [1.54, 1.807) is 0 Å². The Bertz CT molecular complexity index is 429. The minimum atomic E-state index is 0.137. The van der Waals surface area contributed by atoms with Crippen LogP contribution in [-0.4, -0.2) is 28.5 Å². The third-order valence-corrected chi connectivity index (χ3v) is 4.90. The van der Waals surface area contributed by atoms with Crippen LogP contribution in [0.1, 0.15) is 44.5 Å². The second-order valence-electron chi connectivity index (χ2n) is 5.26. The molecule has 2 unspecified atom stereocenters. The molecule has 2 atom stereocenters. The number of nitrogens with two attached hydrogens (primary N) is 1. The standard InChI is InChI=1S/C14H25BrN4O/c1-3-10-14(15)12(19(4-2)18-10)9-11(17-16)13-7-5-6-8-20-13/h11,13,17H,3-9,16H2,1-2H3. The number of halogens is 1. The summed E-state index contributed by atoms with van der Waals surface area (Å²) in [7, 11) is 0. The van der Waals surface area contributed by atoms with E-state index in [0.717, 1.165) is 49.0 Å². The topological polar surface area (TPSA) is 65.1 Å². The number of hydrogen-bond donors (Lipinski definition) is 2. The van der Waals surface area contributed by atoms with Crippen LogP contribution in [0.25, 0.3) is 0 Å². The summed E-state index contributed by atoms with van der Waals surface area (Å²) < 4.78 is 9.05. The van der Waals surface area contributed by atoms with Gasteiger partial charge in [-0.25, -0.2) is 0 Å². The molecule has 1 aliphatic rings. The third-order valence-electron chi connectivity index (χ3n) is 3.99. The Morgan fingerprint density at radius 2 is 2.30 bits per heavy atom. The molecule has 1 fully saturated rings. The summed E-state index contributed by atoms with van der Waals surface area (Å²) in [5, 5.41) is 4.64. The molecule has 0 aliphatic carbocycles. The fraction of sp³-hybridized carbons (Fsp3) is 0.786. The highest BCUT2D eigenvalue weighted by atomic mass is 79.9. The maximum Gasteiger partial charge on any atom is 0.0766 e. The van der Waals surface area contributed by atoms with E-state index >= 15 is 0 Å². The first kappa shape index (κ1) is 15.9. The van der Waals surface area contributed by atoms with Crippen molar-refractivity contribution in [2.24, 2.45) is 5.84 Å². The zero-order valence-corrected chi connectivity index (χ0v) is 13.9. The molecule has 20 heavy (non-hydrogen) atoms. The molecule has 5 nitrogen and oxygen atoms in total. The van der Waals surface area contributed by atoms with Crippen LogP contribution in [0, 0.1) is 0 Å². The lowest BCUT2D eigenvalue weighted by Gasteiger charge is -2.30. The monoisotopic (exact) mass is 344 g/mol. The van der Waals surface area contributed by atoms with Crippen LogP contribution in [0.2, 0.25) is 0 Å². The largest absolute Gasteiger partial charge is 0.377 e. The van der Waals surface area contributed by atoms with Gasteiger partial charge in [0.15, 0.2) is 0 Å². The highest BCUT2D eigenvalue weighted by Crippen LogP contribution is 2.26. The van der Waals surface area contributed by atoms with Gasteiger partial charge >= 0.3 is 0 Å². The summed E-state index contributed by atoms with van der Waals surface area (Å²) in [6.07, 6.45) is 5.42. The number of aryl methyl sites for hydroxylation is 2. The summed E-state index contributed by atoms with van der Waals surface area (Å²) in [5.74, 6) is 5.76. The van der Waals surface area contributed by atoms with Crippen LogP contribution in [0.3, 0.4) is 0 Å². The molecule has 6 heteroatoms.